The van der Waals surface area contributed by atoms with Gasteiger partial charge in [-0.3, -0.25) is 15.0 Å². The monoisotopic (exact) mass is 339 g/mol. The van der Waals surface area contributed by atoms with Gasteiger partial charge in [0.25, 0.3) is 0 Å². The van der Waals surface area contributed by atoms with Crippen LogP contribution in [0.2, 0.25) is 0 Å². The molecule has 0 unspecified atom stereocenters. The lowest BCUT2D eigenvalue weighted by Gasteiger charge is -2.26. The first-order valence-electron chi connectivity index (χ1n) is 7.34. The number of nitrogens with one attached hydrogen (secondary N) is 2. The number of amides is 1. The number of ether oxygens (including phenoxy) is 1. The lowest BCUT2D eigenvalue weighted by molar-refractivity contribution is -0.115. The van der Waals surface area contributed by atoms with Crippen molar-refractivity contribution >= 4 is 40.7 Å². The highest BCUT2D eigenvalue weighted by Gasteiger charge is 2.09. The van der Waals surface area contributed by atoms with E-state index in [9.17, 15) is 4.79 Å². The molecule has 7 heteroatoms. The van der Waals surface area contributed by atoms with E-state index >= 15 is 0 Å². The second kappa shape index (κ2) is 9.68. The fourth-order valence-corrected chi connectivity index (χ4v) is 2.89. The Morgan fingerprint density at radius 3 is 3.00 bits per heavy atom. The fraction of sp³-hybridized carbons (Fsp3) is 0.467. The Bertz CT molecular complexity index is 497. The van der Waals surface area contributed by atoms with Crippen molar-refractivity contribution in [3.05, 3.63) is 28.5 Å². The second-order valence-corrected chi connectivity index (χ2v) is 6.29. The van der Waals surface area contributed by atoms with Crippen molar-refractivity contribution in [1.29, 1.82) is 0 Å². The minimum absolute atomic E-state index is 0.209. The SMILES string of the molecule is O=C(C=Cc1cccs1)NC(=S)NCCCN1CCOCC1. The standard InChI is InChI=1S/C15H21N3O2S2/c19-14(5-4-13-3-1-12-22-13)17-15(21)16-6-2-7-18-8-10-20-11-9-18/h1,3-5,12H,2,6-11H2,(H2,16,17,19,21). The van der Waals surface area contributed by atoms with Crippen molar-refractivity contribution in [2.45, 2.75) is 6.42 Å². The van der Waals surface area contributed by atoms with Crippen molar-refractivity contribution in [3.63, 3.8) is 0 Å². The van der Waals surface area contributed by atoms with Crippen molar-refractivity contribution in [3.8, 4) is 0 Å². The van der Waals surface area contributed by atoms with Crippen LogP contribution in [0.5, 0.6) is 0 Å². The summed E-state index contributed by atoms with van der Waals surface area (Å²) < 4.78 is 5.31. The summed E-state index contributed by atoms with van der Waals surface area (Å²) in [5.41, 5.74) is 0. The number of rotatable bonds is 6. The topological polar surface area (TPSA) is 53.6 Å². The number of thiocarbonyl (C=S) groups is 1. The summed E-state index contributed by atoms with van der Waals surface area (Å²) in [6.45, 7) is 5.40. The summed E-state index contributed by atoms with van der Waals surface area (Å²) in [6, 6.07) is 3.90. The zero-order valence-electron chi connectivity index (χ0n) is 12.4. The molecule has 1 aliphatic rings. The molecule has 1 aliphatic heterocycles. The van der Waals surface area contributed by atoms with Crippen LogP contribution in [0.3, 0.4) is 0 Å². The molecular weight excluding hydrogens is 318 g/mol. The van der Waals surface area contributed by atoms with Crippen LogP contribution in [0.25, 0.3) is 6.08 Å². The summed E-state index contributed by atoms with van der Waals surface area (Å²) in [5.74, 6) is -0.209. The number of hydrogen-bond donors (Lipinski definition) is 2. The molecule has 2 rings (SSSR count). The molecule has 1 fully saturated rings. The molecule has 120 valence electrons. The Balaban J connectivity index is 1.56. The van der Waals surface area contributed by atoms with Gasteiger partial charge in [-0.15, -0.1) is 11.3 Å². The van der Waals surface area contributed by atoms with Crippen molar-refractivity contribution in [2.75, 3.05) is 39.4 Å². The third-order valence-electron chi connectivity index (χ3n) is 3.22. The van der Waals surface area contributed by atoms with Gasteiger partial charge in [-0.2, -0.15) is 0 Å². The van der Waals surface area contributed by atoms with Crippen LogP contribution in [-0.2, 0) is 9.53 Å². The molecule has 2 heterocycles. The lowest BCUT2D eigenvalue weighted by atomic mass is 10.3. The van der Waals surface area contributed by atoms with Gasteiger partial charge in [0.15, 0.2) is 5.11 Å². The van der Waals surface area contributed by atoms with Gasteiger partial charge in [-0.1, -0.05) is 6.07 Å². The molecule has 1 saturated heterocycles. The van der Waals surface area contributed by atoms with E-state index in [-0.39, 0.29) is 5.91 Å². The van der Waals surface area contributed by atoms with Gasteiger partial charge in [0.05, 0.1) is 13.2 Å². The molecule has 22 heavy (non-hydrogen) atoms. The molecule has 5 nitrogen and oxygen atoms in total. The highest BCUT2D eigenvalue weighted by atomic mass is 32.1. The third kappa shape index (κ3) is 6.65. The van der Waals surface area contributed by atoms with Gasteiger partial charge in [0, 0.05) is 30.6 Å². The molecular formula is C15H21N3O2S2. The predicted molar refractivity (Wildman–Crippen MR) is 94.0 cm³/mol. The molecule has 0 atom stereocenters. The molecule has 0 aliphatic carbocycles. The summed E-state index contributed by atoms with van der Waals surface area (Å²) in [7, 11) is 0. The molecule has 1 aromatic heterocycles. The number of carbonyl (C=O) groups is 1. The first kappa shape index (κ1) is 17.1. The average molecular weight is 339 g/mol. The number of thiophene rings is 1. The Morgan fingerprint density at radius 2 is 2.27 bits per heavy atom. The minimum atomic E-state index is -0.209. The molecule has 0 bridgehead atoms. The first-order valence-corrected chi connectivity index (χ1v) is 8.63. The largest absolute Gasteiger partial charge is 0.379 e. The Hall–Kier alpha value is -1.28. The maximum Gasteiger partial charge on any atom is 0.250 e. The van der Waals surface area contributed by atoms with Gasteiger partial charge in [-0.05, 0) is 42.7 Å². The van der Waals surface area contributed by atoms with Crippen LogP contribution in [0.15, 0.2) is 23.6 Å². The Kier molecular flexibility index (Phi) is 7.51. The van der Waals surface area contributed by atoms with E-state index in [1.165, 1.54) is 6.08 Å². The summed E-state index contributed by atoms with van der Waals surface area (Å²) in [6.07, 6.45) is 4.26. The van der Waals surface area contributed by atoms with E-state index in [0.717, 1.165) is 50.7 Å². The third-order valence-corrected chi connectivity index (χ3v) is 4.30. The zero-order chi connectivity index (χ0) is 15.6. The second-order valence-electron chi connectivity index (χ2n) is 4.90. The summed E-state index contributed by atoms with van der Waals surface area (Å²) >= 11 is 6.69. The number of hydrogen-bond acceptors (Lipinski definition) is 5. The van der Waals surface area contributed by atoms with E-state index < -0.39 is 0 Å². The van der Waals surface area contributed by atoms with Crippen LogP contribution < -0.4 is 10.6 Å². The van der Waals surface area contributed by atoms with Crippen molar-refractivity contribution in [2.24, 2.45) is 0 Å². The van der Waals surface area contributed by atoms with E-state index in [2.05, 4.69) is 15.5 Å². The quantitative estimate of drug-likeness (QED) is 0.467. The maximum atomic E-state index is 11.7. The number of carbonyl (C=O) groups excluding carboxylic acids is 1. The summed E-state index contributed by atoms with van der Waals surface area (Å²) in [5, 5.41) is 8.05. The van der Waals surface area contributed by atoms with Gasteiger partial charge in [0.1, 0.15) is 0 Å². The Labute approximate surface area is 140 Å². The molecule has 1 amide bonds. The molecule has 1 aromatic rings. The molecule has 0 saturated carbocycles. The van der Waals surface area contributed by atoms with Crippen LogP contribution in [-0.4, -0.2) is 55.3 Å². The molecule has 2 N–H and O–H groups in total. The molecule has 0 spiro atoms. The normalized spacial score (nSPS) is 15.8. The van der Waals surface area contributed by atoms with Crippen LogP contribution in [0.4, 0.5) is 0 Å². The number of nitrogens with zero attached hydrogens (tertiary/aromatic N) is 1. The Morgan fingerprint density at radius 1 is 1.45 bits per heavy atom. The van der Waals surface area contributed by atoms with Crippen LogP contribution in [0.1, 0.15) is 11.3 Å². The maximum absolute atomic E-state index is 11.7. The van der Waals surface area contributed by atoms with E-state index in [4.69, 9.17) is 17.0 Å². The van der Waals surface area contributed by atoms with Crippen LogP contribution >= 0.6 is 23.6 Å². The fourth-order valence-electron chi connectivity index (χ4n) is 2.07. The molecule has 0 radical (unpaired) electrons. The molecule has 0 aromatic carbocycles. The highest BCUT2D eigenvalue weighted by Crippen LogP contribution is 2.09. The van der Waals surface area contributed by atoms with Crippen molar-refractivity contribution in [1.82, 2.24) is 15.5 Å². The van der Waals surface area contributed by atoms with E-state index in [1.54, 1.807) is 17.4 Å². The average Bonchev–Trinajstić information content (AvgIpc) is 3.04. The van der Waals surface area contributed by atoms with Gasteiger partial charge in [-0.25, -0.2) is 0 Å². The van der Waals surface area contributed by atoms with Crippen LogP contribution in [0, 0.1) is 0 Å². The van der Waals surface area contributed by atoms with Gasteiger partial charge in [0.2, 0.25) is 5.91 Å². The van der Waals surface area contributed by atoms with Crippen molar-refractivity contribution < 1.29 is 9.53 Å². The zero-order valence-corrected chi connectivity index (χ0v) is 14.0. The first-order chi connectivity index (χ1) is 10.7. The minimum Gasteiger partial charge on any atom is -0.379 e. The van der Waals surface area contributed by atoms with Gasteiger partial charge < -0.3 is 10.1 Å². The van der Waals surface area contributed by atoms with E-state index in [0.29, 0.717) is 5.11 Å². The smallest absolute Gasteiger partial charge is 0.250 e. The lowest BCUT2D eigenvalue weighted by Crippen LogP contribution is -2.41. The number of morpholine rings is 1. The van der Waals surface area contributed by atoms with Gasteiger partial charge >= 0.3 is 0 Å². The predicted octanol–water partition coefficient (Wildman–Crippen LogP) is 1.47. The van der Waals surface area contributed by atoms with E-state index in [1.807, 2.05) is 17.5 Å². The summed E-state index contributed by atoms with van der Waals surface area (Å²) in [4.78, 5) is 15.1. The highest BCUT2D eigenvalue weighted by molar-refractivity contribution is 7.80.